The van der Waals surface area contributed by atoms with E-state index in [0.717, 1.165) is 5.02 Å². The topological polar surface area (TPSA) is 0 Å². The third kappa shape index (κ3) is 1.50. The van der Waals surface area contributed by atoms with Crippen LogP contribution in [0.5, 0.6) is 0 Å². The van der Waals surface area contributed by atoms with Crippen LogP contribution in [-0.4, -0.2) is 0 Å². The summed E-state index contributed by atoms with van der Waals surface area (Å²) in [4.78, 5) is 0. The molecule has 0 saturated heterocycles. The van der Waals surface area contributed by atoms with Gasteiger partial charge in [0.15, 0.2) is 0 Å². The second kappa shape index (κ2) is 4.73. The molecule has 0 aliphatic carbocycles. The molecule has 0 amide bonds. The number of hydrogen-bond acceptors (Lipinski definition) is 0. The molecule has 10 aromatic rings. The molecule has 0 radical (unpaired) electrons. The van der Waals surface area contributed by atoms with Crippen LogP contribution in [0.3, 0.4) is 0 Å². The summed E-state index contributed by atoms with van der Waals surface area (Å²) in [5, 5.41) is 25.1. The Hall–Kier alpha value is -3.87. The first-order chi connectivity index (χ1) is 16.3. The Labute approximate surface area is 192 Å². The van der Waals surface area contributed by atoms with Crippen molar-refractivity contribution in [2.75, 3.05) is 0 Å². The molecular formula is C32H13Cl. The van der Waals surface area contributed by atoms with E-state index in [1.165, 1.54) is 97.0 Å². The van der Waals surface area contributed by atoms with Crippen LogP contribution in [-0.2, 0) is 0 Å². The predicted molar refractivity (Wildman–Crippen MR) is 145 cm³/mol. The Kier molecular flexibility index (Phi) is 2.27. The van der Waals surface area contributed by atoms with Crippen LogP contribution in [0.15, 0.2) is 78.9 Å². The molecule has 0 nitrogen and oxygen atoms in total. The van der Waals surface area contributed by atoms with Gasteiger partial charge >= 0.3 is 0 Å². The summed E-state index contributed by atoms with van der Waals surface area (Å²) in [7, 11) is 0. The third-order valence-corrected chi connectivity index (χ3v) is 8.72. The fourth-order valence-electron chi connectivity index (χ4n) is 7.22. The molecule has 10 rings (SSSR count). The van der Waals surface area contributed by atoms with Crippen molar-refractivity contribution in [1.29, 1.82) is 0 Å². The summed E-state index contributed by atoms with van der Waals surface area (Å²) in [6.07, 6.45) is 0. The first-order valence-electron chi connectivity index (χ1n) is 11.5. The van der Waals surface area contributed by atoms with Gasteiger partial charge in [-0.3, -0.25) is 0 Å². The van der Waals surface area contributed by atoms with Gasteiger partial charge in [-0.15, -0.1) is 0 Å². The number of rotatable bonds is 0. The average molecular weight is 433 g/mol. The average Bonchev–Trinajstić information content (AvgIpc) is 2.85. The van der Waals surface area contributed by atoms with E-state index in [2.05, 4.69) is 78.9 Å². The van der Waals surface area contributed by atoms with Crippen molar-refractivity contribution in [1.82, 2.24) is 0 Å². The summed E-state index contributed by atoms with van der Waals surface area (Å²) in [6, 6.07) is 29.7. The quantitative estimate of drug-likeness (QED) is 0.165. The van der Waals surface area contributed by atoms with Crippen molar-refractivity contribution in [3.63, 3.8) is 0 Å². The lowest BCUT2D eigenvalue weighted by Gasteiger charge is -2.25. The van der Waals surface area contributed by atoms with Gasteiger partial charge in [0.2, 0.25) is 0 Å². The Balaban J connectivity index is 1.81. The van der Waals surface area contributed by atoms with E-state index in [0.29, 0.717) is 0 Å². The Morgan fingerprint density at radius 3 is 1.15 bits per heavy atom. The van der Waals surface area contributed by atoms with Crippen molar-refractivity contribution >= 4 is 109 Å². The van der Waals surface area contributed by atoms with Crippen LogP contribution in [0.4, 0.5) is 0 Å². The standard InChI is InChI=1S/C32H13Cl/c33-22-13-20-10-6-16-4-8-18-11-17-7-3-14-1-2-15-5-9-19-12-21(22)30-26(20)25(16)28(18)31-27(17)23(14)24(15)29(19)32(30)31/h1-13H. The van der Waals surface area contributed by atoms with Crippen molar-refractivity contribution in [2.24, 2.45) is 0 Å². The second-order valence-corrected chi connectivity index (χ2v) is 10.2. The fourth-order valence-corrected chi connectivity index (χ4v) is 7.48. The third-order valence-electron chi connectivity index (χ3n) is 8.40. The SMILES string of the molecule is Clc1cc2ccc3ccc4cc5ccc6ccc7ccc8cc1c1c2c3c4c2c5c6c7c8c12. The van der Waals surface area contributed by atoms with Crippen LogP contribution < -0.4 is 0 Å². The van der Waals surface area contributed by atoms with Crippen molar-refractivity contribution in [2.45, 2.75) is 0 Å². The number of benzene rings is 10. The highest BCUT2D eigenvalue weighted by Crippen LogP contribution is 2.55. The molecule has 0 aliphatic rings. The first-order valence-corrected chi connectivity index (χ1v) is 11.9. The zero-order valence-electron chi connectivity index (χ0n) is 17.4. The lowest BCUT2D eigenvalue weighted by molar-refractivity contribution is 1.81. The molecule has 0 bridgehead atoms. The Bertz CT molecular complexity index is 2370. The zero-order chi connectivity index (χ0) is 21.2. The highest BCUT2D eigenvalue weighted by atomic mass is 35.5. The van der Waals surface area contributed by atoms with Gasteiger partial charge in [0.25, 0.3) is 0 Å². The molecule has 0 fully saturated rings. The summed E-state index contributed by atoms with van der Waals surface area (Å²) in [5.41, 5.74) is 0. The largest absolute Gasteiger partial charge is 0.0836 e. The molecule has 0 unspecified atom stereocenters. The molecule has 0 atom stereocenters. The van der Waals surface area contributed by atoms with Gasteiger partial charge in [-0.25, -0.2) is 0 Å². The van der Waals surface area contributed by atoms with E-state index in [1.54, 1.807) is 0 Å². The first kappa shape index (κ1) is 15.9. The molecular weight excluding hydrogens is 420 g/mol. The molecule has 148 valence electrons. The minimum atomic E-state index is 0.843. The summed E-state index contributed by atoms with van der Waals surface area (Å²) >= 11 is 6.97. The smallest absolute Gasteiger partial charge is 0.0491 e. The fraction of sp³-hybridized carbons (Fsp3) is 0. The van der Waals surface area contributed by atoms with Gasteiger partial charge in [0.05, 0.1) is 0 Å². The van der Waals surface area contributed by atoms with Gasteiger partial charge in [-0.1, -0.05) is 72.3 Å². The molecule has 0 aliphatic heterocycles. The lowest BCUT2D eigenvalue weighted by atomic mass is 9.77. The molecule has 0 heterocycles. The molecule has 0 saturated carbocycles. The van der Waals surface area contributed by atoms with Gasteiger partial charge in [0, 0.05) is 15.8 Å². The summed E-state index contributed by atoms with van der Waals surface area (Å²) < 4.78 is 0. The number of hydrogen-bond donors (Lipinski definition) is 0. The maximum atomic E-state index is 6.97. The molecule has 1 heteroatoms. The van der Waals surface area contributed by atoms with Crippen LogP contribution >= 0.6 is 11.6 Å². The predicted octanol–water partition coefficient (Wildman–Crippen LogP) is 9.91. The number of halogens is 1. The van der Waals surface area contributed by atoms with E-state index in [9.17, 15) is 0 Å². The van der Waals surface area contributed by atoms with E-state index in [-0.39, 0.29) is 0 Å². The van der Waals surface area contributed by atoms with E-state index >= 15 is 0 Å². The maximum Gasteiger partial charge on any atom is 0.0491 e. The second-order valence-electron chi connectivity index (χ2n) is 9.80. The van der Waals surface area contributed by atoms with Crippen molar-refractivity contribution in [3.8, 4) is 0 Å². The van der Waals surface area contributed by atoms with E-state index < -0.39 is 0 Å². The van der Waals surface area contributed by atoms with Crippen LogP contribution in [0.1, 0.15) is 0 Å². The normalized spacial score (nSPS) is 13.6. The monoisotopic (exact) mass is 432 g/mol. The highest BCUT2D eigenvalue weighted by molar-refractivity contribution is 6.54. The highest BCUT2D eigenvalue weighted by Gasteiger charge is 2.26. The van der Waals surface area contributed by atoms with Crippen LogP contribution in [0.2, 0.25) is 5.02 Å². The summed E-state index contributed by atoms with van der Waals surface area (Å²) in [5.74, 6) is 0. The Morgan fingerprint density at radius 2 is 0.636 bits per heavy atom. The molecule has 0 spiro atoms. The van der Waals surface area contributed by atoms with Crippen LogP contribution in [0, 0.1) is 0 Å². The molecule has 10 aromatic carbocycles. The molecule has 0 aromatic heterocycles. The van der Waals surface area contributed by atoms with Crippen molar-refractivity contribution in [3.05, 3.63) is 83.9 Å². The lowest BCUT2D eigenvalue weighted by Crippen LogP contribution is -1.97. The summed E-state index contributed by atoms with van der Waals surface area (Å²) in [6.45, 7) is 0. The van der Waals surface area contributed by atoms with Gasteiger partial charge < -0.3 is 0 Å². The molecule has 33 heavy (non-hydrogen) atoms. The van der Waals surface area contributed by atoms with E-state index in [4.69, 9.17) is 11.6 Å². The van der Waals surface area contributed by atoms with Gasteiger partial charge in [-0.05, 0) is 104 Å². The van der Waals surface area contributed by atoms with E-state index in [1.807, 2.05) is 0 Å². The maximum absolute atomic E-state index is 6.97. The minimum absolute atomic E-state index is 0.843. The zero-order valence-corrected chi connectivity index (χ0v) is 18.1. The van der Waals surface area contributed by atoms with Gasteiger partial charge in [-0.2, -0.15) is 0 Å². The Morgan fingerprint density at radius 1 is 0.303 bits per heavy atom. The molecule has 0 N–H and O–H groups in total. The van der Waals surface area contributed by atoms with Gasteiger partial charge in [0.1, 0.15) is 0 Å². The van der Waals surface area contributed by atoms with Crippen molar-refractivity contribution < 1.29 is 0 Å². The minimum Gasteiger partial charge on any atom is -0.0836 e. The van der Waals surface area contributed by atoms with Crippen LogP contribution in [0.25, 0.3) is 97.0 Å².